The molecule has 2 heterocycles. The third-order valence-electron chi connectivity index (χ3n) is 3.10. The van der Waals surface area contributed by atoms with Crippen molar-refractivity contribution in [2.75, 3.05) is 19.6 Å². The van der Waals surface area contributed by atoms with Gasteiger partial charge in [0.05, 0.1) is 6.54 Å². The van der Waals surface area contributed by atoms with E-state index in [0.29, 0.717) is 6.04 Å². The van der Waals surface area contributed by atoms with Crippen molar-refractivity contribution in [1.82, 2.24) is 10.2 Å². The van der Waals surface area contributed by atoms with E-state index in [9.17, 15) is 0 Å². The van der Waals surface area contributed by atoms with Crippen LogP contribution in [-0.4, -0.2) is 30.6 Å². The second-order valence-corrected chi connectivity index (χ2v) is 4.25. The standard InChI is InChI=1S/C12H20N2O/c1-3-11-8-13-6-7-14(11)9-12-5-4-10(2)15-12/h4-5,11,13H,3,6-9H2,1-2H3. The van der Waals surface area contributed by atoms with Gasteiger partial charge in [0.25, 0.3) is 0 Å². The molecule has 3 heteroatoms. The highest BCUT2D eigenvalue weighted by Crippen LogP contribution is 2.14. The zero-order valence-corrected chi connectivity index (χ0v) is 9.62. The summed E-state index contributed by atoms with van der Waals surface area (Å²) < 4.78 is 5.62. The highest BCUT2D eigenvalue weighted by atomic mass is 16.3. The maximum Gasteiger partial charge on any atom is 0.118 e. The van der Waals surface area contributed by atoms with Gasteiger partial charge in [0.15, 0.2) is 0 Å². The van der Waals surface area contributed by atoms with Gasteiger partial charge >= 0.3 is 0 Å². The smallest absolute Gasteiger partial charge is 0.118 e. The average Bonchev–Trinajstić information content (AvgIpc) is 2.65. The highest BCUT2D eigenvalue weighted by Gasteiger charge is 2.21. The summed E-state index contributed by atoms with van der Waals surface area (Å²) >= 11 is 0. The summed E-state index contributed by atoms with van der Waals surface area (Å²) in [6.45, 7) is 8.52. The van der Waals surface area contributed by atoms with Gasteiger partial charge in [-0.25, -0.2) is 0 Å². The largest absolute Gasteiger partial charge is 0.465 e. The number of piperazine rings is 1. The Morgan fingerprint density at radius 1 is 1.53 bits per heavy atom. The molecule has 2 rings (SSSR count). The van der Waals surface area contributed by atoms with Crippen molar-refractivity contribution in [3.05, 3.63) is 23.7 Å². The fourth-order valence-corrected chi connectivity index (χ4v) is 2.18. The molecular weight excluding hydrogens is 188 g/mol. The molecule has 1 aromatic rings. The molecule has 15 heavy (non-hydrogen) atoms. The van der Waals surface area contributed by atoms with Crippen molar-refractivity contribution in [3.63, 3.8) is 0 Å². The molecule has 1 saturated heterocycles. The second-order valence-electron chi connectivity index (χ2n) is 4.25. The Morgan fingerprint density at radius 2 is 2.40 bits per heavy atom. The number of rotatable bonds is 3. The molecule has 0 spiro atoms. The molecule has 1 N–H and O–H groups in total. The highest BCUT2D eigenvalue weighted by molar-refractivity contribution is 5.05. The van der Waals surface area contributed by atoms with E-state index in [0.717, 1.165) is 37.7 Å². The SMILES string of the molecule is CCC1CNCCN1Cc1ccc(C)o1. The topological polar surface area (TPSA) is 28.4 Å². The maximum absolute atomic E-state index is 5.62. The minimum Gasteiger partial charge on any atom is -0.465 e. The van der Waals surface area contributed by atoms with Crippen LogP contribution in [0.25, 0.3) is 0 Å². The first-order chi connectivity index (χ1) is 7.29. The van der Waals surface area contributed by atoms with Gasteiger partial charge in [-0.15, -0.1) is 0 Å². The van der Waals surface area contributed by atoms with Crippen LogP contribution in [0, 0.1) is 6.92 Å². The molecule has 3 nitrogen and oxygen atoms in total. The lowest BCUT2D eigenvalue weighted by atomic mass is 10.1. The Morgan fingerprint density at radius 3 is 3.07 bits per heavy atom. The van der Waals surface area contributed by atoms with Crippen molar-refractivity contribution >= 4 is 0 Å². The monoisotopic (exact) mass is 208 g/mol. The van der Waals surface area contributed by atoms with Crippen molar-refractivity contribution in [3.8, 4) is 0 Å². The summed E-state index contributed by atoms with van der Waals surface area (Å²) in [7, 11) is 0. The van der Waals surface area contributed by atoms with E-state index >= 15 is 0 Å². The number of hydrogen-bond acceptors (Lipinski definition) is 3. The van der Waals surface area contributed by atoms with Crippen LogP contribution >= 0.6 is 0 Å². The van der Waals surface area contributed by atoms with Gasteiger partial charge in [0, 0.05) is 25.7 Å². The first-order valence-corrected chi connectivity index (χ1v) is 5.79. The first-order valence-electron chi connectivity index (χ1n) is 5.79. The van der Waals surface area contributed by atoms with Crippen LogP contribution in [0.1, 0.15) is 24.9 Å². The molecule has 84 valence electrons. The molecule has 0 saturated carbocycles. The van der Waals surface area contributed by atoms with E-state index in [2.05, 4.69) is 23.2 Å². The average molecular weight is 208 g/mol. The van der Waals surface area contributed by atoms with E-state index in [4.69, 9.17) is 4.42 Å². The van der Waals surface area contributed by atoms with Crippen molar-refractivity contribution in [1.29, 1.82) is 0 Å². The summed E-state index contributed by atoms with van der Waals surface area (Å²) in [5, 5.41) is 3.43. The predicted molar refractivity (Wildman–Crippen MR) is 60.8 cm³/mol. The van der Waals surface area contributed by atoms with Gasteiger partial charge < -0.3 is 9.73 Å². The fourth-order valence-electron chi connectivity index (χ4n) is 2.18. The van der Waals surface area contributed by atoms with E-state index in [1.54, 1.807) is 0 Å². The van der Waals surface area contributed by atoms with Gasteiger partial charge in [-0.3, -0.25) is 4.90 Å². The number of furan rings is 1. The number of aryl methyl sites for hydroxylation is 1. The molecule has 1 aromatic heterocycles. The fraction of sp³-hybridized carbons (Fsp3) is 0.667. The molecule has 0 aromatic carbocycles. The Bertz CT molecular complexity index is 308. The Hall–Kier alpha value is -0.800. The third kappa shape index (κ3) is 2.61. The second kappa shape index (κ2) is 4.81. The maximum atomic E-state index is 5.62. The van der Waals surface area contributed by atoms with Crippen LogP contribution in [0.4, 0.5) is 0 Å². The molecular formula is C12H20N2O. The summed E-state index contributed by atoms with van der Waals surface area (Å²) in [6, 6.07) is 4.78. The van der Waals surface area contributed by atoms with E-state index in [-0.39, 0.29) is 0 Å². The molecule has 1 aliphatic heterocycles. The Labute approximate surface area is 91.4 Å². The van der Waals surface area contributed by atoms with E-state index in [1.807, 2.05) is 13.0 Å². The van der Waals surface area contributed by atoms with Gasteiger partial charge in [-0.05, 0) is 25.5 Å². The van der Waals surface area contributed by atoms with E-state index in [1.165, 1.54) is 6.42 Å². The summed E-state index contributed by atoms with van der Waals surface area (Å²) in [6.07, 6.45) is 1.20. The van der Waals surface area contributed by atoms with Crippen LogP contribution < -0.4 is 5.32 Å². The lowest BCUT2D eigenvalue weighted by molar-refractivity contribution is 0.138. The van der Waals surface area contributed by atoms with Crippen molar-refractivity contribution < 1.29 is 4.42 Å². The lowest BCUT2D eigenvalue weighted by Crippen LogP contribution is -2.50. The Balaban J connectivity index is 1.97. The molecule has 1 unspecified atom stereocenters. The zero-order valence-electron chi connectivity index (χ0n) is 9.62. The molecule has 1 fully saturated rings. The Kier molecular flexibility index (Phi) is 3.44. The summed E-state index contributed by atoms with van der Waals surface area (Å²) in [5.74, 6) is 2.10. The van der Waals surface area contributed by atoms with Crippen LogP contribution in [0.15, 0.2) is 16.5 Å². The minimum atomic E-state index is 0.657. The first kappa shape index (κ1) is 10.7. The van der Waals surface area contributed by atoms with Crippen LogP contribution in [0.3, 0.4) is 0 Å². The quantitative estimate of drug-likeness (QED) is 0.820. The van der Waals surface area contributed by atoms with Crippen LogP contribution in [0.5, 0.6) is 0 Å². The molecule has 1 atom stereocenters. The van der Waals surface area contributed by atoms with Crippen LogP contribution in [-0.2, 0) is 6.54 Å². The van der Waals surface area contributed by atoms with Gasteiger partial charge in [0.1, 0.15) is 11.5 Å². The van der Waals surface area contributed by atoms with Gasteiger partial charge in [0.2, 0.25) is 0 Å². The molecule has 0 aliphatic carbocycles. The zero-order chi connectivity index (χ0) is 10.7. The summed E-state index contributed by atoms with van der Waals surface area (Å²) in [4.78, 5) is 2.51. The number of hydrogen-bond donors (Lipinski definition) is 1. The lowest BCUT2D eigenvalue weighted by Gasteiger charge is -2.34. The van der Waals surface area contributed by atoms with Crippen molar-refractivity contribution in [2.24, 2.45) is 0 Å². The summed E-state index contributed by atoms with van der Waals surface area (Å²) in [5.41, 5.74) is 0. The van der Waals surface area contributed by atoms with Crippen LogP contribution in [0.2, 0.25) is 0 Å². The van der Waals surface area contributed by atoms with Gasteiger partial charge in [-0.2, -0.15) is 0 Å². The van der Waals surface area contributed by atoms with Gasteiger partial charge in [-0.1, -0.05) is 6.92 Å². The van der Waals surface area contributed by atoms with Crippen molar-refractivity contribution in [2.45, 2.75) is 32.9 Å². The minimum absolute atomic E-state index is 0.657. The molecule has 0 bridgehead atoms. The third-order valence-corrected chi connectivity index (χ3v) is 3.10. The molecule has 0 amide bonds. The molecule has 0 radical (unpaired) electrons. The number of nitrogens with zero attached hydrogens (tertiary/aromatic N) is 1. The normalized spacial score (nSPS) is 23.2. The van der Waals surface area contributed by atoms with E-state index < -0.39 is 0 Å². The predicted octanol–water partition coefficient (Wildman–Crippen LogP) is 1.77. The molecule has 1 aliphatic rings. The number of nitrogens with one attached hydrogen (secondary N) is 1.